The first kappa shape index (κ1) is 9.55. The maximum atomic E-state index is 10.8. The van der Waals surface area contributed by atoms with Crippen molar-refractivity contribution in [1.82, 2.24) is 4.98 Å². The maximum Gasteiger partial charge on any atom is 0.416 e. The molecule has 0 spiro atoms. The summed E-state index contributed by atoms with van der Waals surface area (Å²) in [4.78, 5) is 13.2. The molecule has 0 fully saturated rings. The minimum Gasteiger partial charge on any atom is -0.408 e. The van der Waals surface area contributed by atoms with E-state index in [4.69, 9.17) is 16.0 Å². The molecular formula is C9H5BrClNO2. The third kappa shape index (κ3) is 1.63. The van der Waals surface area contributed by atoms with Gasteiger partial charge in [-0.25, -0.2) is 4.79 Å². The van der Waals surface area contributed by atoms with Gasteiger partial charge < -0.3 is 4.42 Å². The lowest BCUT2D eigenvalue weighted by Gasteiger charge is -2.00. The fourth-order valence-electron chi connectivity index (χ4n) is 1.11. The van der Waals surface area contributed by atoms with E-state index in [1.54, 1.807) is 6.07 Å². The van der Waals surface area contributed by atoms with E-state index in [0.29, 0.717) is 16.3 Å². The van der Waals surface area contributed by atoms with Crippen molar-refractivity contribution in [3.8, 4) is 11.3 Å². The van der Waals surface area contributed by atoms with E-state index in [-0.39, 0.29) is 0 Å². The Morgan fingerprint density at radius 2 is 2.21 bits per heavy atom. The van der Waals surface area contributed by atoms with Crippen molar-refractivity contribution in [1.29, 1.82) is 0 Å². The molecule has 1 aromatic carbocycles. The van der Waals surface area contributed by atoms with E-state index in [1.807, 2.05) is 12.1 Å². The Bertz CT molecular complexity index is 518. The van der Waals surface area contributed by atoms with Crippen molar-refractivity contribution in [3.63, 3.8) is 0 Å². The van der Waals surface area contributed by atoms with E-state index in [2.05, 4.69) is 20.9 Å². The third-order valence-electron chi connectivity index (χ3n) is 1.74. The lowest BCUT2D eigenvalue weighted by molar-refractivity contribution is 0.528. The van der Waals surface area contributed by atoms with E-state index in [0.717, 1.165) is 4.47 Å². The van der Waals surface area contributed by atoms with Crippen LogP contribution in [0.3, 0.4) is 0 Å². The fraction of sp³-hybridized carbons (Fsp3) is 0. The SMILES string of the molecule is O=c1[nH]cc(-c2cccc(Br)c2Cl)o1. The number of H-pyrrole nitrogens is 1. The van der Waals surface area contributed by atoms with Crippen LogP contribution in [0, 0.1) is 0 Å². The minimum atomic E-state index is -0.490. The monoisotopic (exact) mass is 273 g/mol. The lowest BCUT2D eigenvalue weighted by atomic mass is 10.2. The average Bonchev–Trinajstić information content (AvgIpc) is 2.57. The number of hydrogen-bond donors (Lipinski definition) is 1. The van der Waals surface area contributed by atoms with E-state index in [9.17, 15) is 4.79 Å². The normalized spacial score (nSPS) is 10.4. The summed E-state index contributed by atoms with van der Waals surface area (Å²) < 4.78 is 5.65. The summed E-state index contributed by atoms with van der Waals surface area (Å²) in [6.07, 6.45) is 1.48. The van der Waals surface area contributed by atoms with Gasteiger partial charge >= 0.3 is 5.76 Å². The molecule has 0 unspecified atom stereocenters. The zero-order valence-corrected chi connectivity index (χ0v) is 9.22. The number of benzene rings is 1. The molecule has 0 amide bonds. The summed E-state index contributed by atoms with van der Waals surface area (Å²) in [5.74, 6) is -0.0580. The second-order valence-corrected chi connectivity index (χ2v) is 3.88. The van der Waals surface area contributed by atoms with Gasteiger partial charge in [-0.3, -0.25) is 4.98 Å². The molecule has 0 saturated carbocycles. The summed E-state index contributed by atoms with van der Waals surface area (Å²) >= 11 is 9.30. The van der Waals surface area contributed by atoms with Gasteiger partial charge in [0.2, 0.25) is 0 Å². The van der Waals surface area contributed by atoms with Crippen LogP contribution in [0.4, 0.5) is 0 Å². The first-order valence-electron chi connectivity index (χ1n) is 3.81. The van der Waals surface area contributed by atoms with Crippen LogP contribution < -0.4 is 5.76 Å². The van der Waals surface area contributed by atoms with E-state index < -0.39 is 5.76 Å². The predicted molar refractivity (Wildman–Crippen MR) is 57.5 cm³/mol. The highest BCUT2D eigenvalue weighted by Crippen LogP contribution is 2.32. The first-order chi connectivity index (χ1) is 6.68. The quantitative estimate of drug-likeness (QED) is 0.869. The van der Waals surface area contributed by atoms with Crippen LogP contribution in [0.1, 0.15) is 0 Å². The van der Waals surface area contributed by atoms with Crippen LogP contribution >= 0.6 is 27.5 Å². The van der Waals surface area contributed by atoms with Crippen molar-refractivity contribution < 1.29 is 4.42 Å². The van der Waals surface area contributed by atoms with E-state index in [1.165, 1.54) is 6.20 Å². The summed E-state index contributed by atoms with van der Waals surface area (Å²) in [5.41, 5.74) is 0.680. The zero-order valence-electron chi connectivity index (χ0n) is 6.88. The summed E-state index contributed by atoms with van der Waals surface area (Å²) in [6.45, 7) is 0. The molecule has 0 radical (unpaired) electrons. The molecule has 3 nitrogen and oxygen atoms in total. The lowest BCUT2D eigenvalue weighted by Crippen LogP contribution is -1.92. The molecule has 1 aromatic heterocycles. The van der Waals surface area contributed by atoms with Gasteiger partial charge in [-0.05, 0) is 28.1 Å². The molecule has 14 heavy (non-hydrogen) atoms. The Labute approximate surface area is 92.8 Å². The fourth-order valence-corrected chi connectivity index (χ4v) is 1.70. The number of rotatable bonds is 1. The Morgan fingerprint density at radius 3 is 2.86 bits per heavy atom. The highest BCUT2D eigenvalue weighted by molar-refractivity contribution is 9.10. The molecule has 1 heterocycles. The van der Waals surface area contributed by atoms with Gasteiger partial charge in [-0.2, -0.15) is 0 Å². The summed E-state index contributed by atoms with van der Waals surface area (Å²) in [7, 11) is 0. The molecule has 0 aliphatic heterocycles. The molecule has 0 bridgehead atoms. The van der Waals surface area contributed by atoms with Crippen molar-refractivity contribution in [2.24, 2.45) is 0 Å². The Kier molecular flexibility index (Phi) is 2.48. The van der Waals surface area contributed by atoms with Crippen molar-refractivity contribution in [3.05, 3.63) is 44.4 Å². The molecule has 2 rings (SSSR count). The van der Waals surface area contributed by atoms with Gasteiger partial charge in [-0.15, -0.1) is 0 Å². The second-order valence-electron chi connectivity index (χ2n) is 2.64. The van der Waals surface area contributed by atoms with Crippen LogP contribution in [0.25, 0.3) is 11.3 Å². The molecule has 5 heteroatoms. The van der Waals surface area contributed by atoms with Gasteiger partial charge in [0.05, 0.1) is 11.2 Å². The number of aromatic nitrogens is 1. The number of halogens is 2. The van der Waals surface area contributed by atoms with Crippen LogP contribution in [-0.2, 0) is 0 Å². The number of aromatic amines is 1. The second kappa shape index (κ2) is 3.63. The van der Waals surface area contributed by atoms with Crippen LogP contribution in [0.2, 0.25) is 5.02 Å². The van der Waals surface area contributed by atoms with Crippen LogP contribution in [0.5, 0.6) is 0 Å². The Morgan fingerprint density at radius 1 is 1.43 bits per heavy atom. The molecule has 0 saturated heterocycles. The highest BCUT2D eigenvalue weighted by atomic mass is 79.9. The molecule has 0 aliphatic rings. The molecule has 2 aromatic rings. The van der Waals surface area contributed by atoms with Gasteiger partial charge in [-0.1, -0.05) is 17.7 Å². The largest absolute Gasteiger partial charge is 0.416 e. The third-order valence-corrected chi connectivity index (χ3v) is 3.04. The molecule has 1 N–H and O–H groups in total. The van der Waals surface area contributed by atoms with Crippen molar-refractivity contribution in [2.45, 2.75) is 0 Å². The number of oxazole rings is 1. The summed E-state index contributed by atoms with van der Waals surface area (Å²) in [5, 5.41) is 0.523. The first-order valence-corrected chi connectivity index (χ1v) is 4.98. The molecule has 0 atom stereocenters. The number of nitrogens with one attached hydrogen (secondary N) is 1. The molecular weight excluding hydrogens is 269 g/mol. The van der Waals surface area contributed by atoms with Crippen LogP contribution in [0.15, 0.2) is 38.1 Å². The highest BCUT2D eigenvalue weighted by Gasteiger charge is 2.09. The minimum absolute atomic E-state index is 0.432. The van der Waals surface area contributed by atoms with Crippen LogP contribution in [-0.4, -0.2) is 4.98 Å². The predicted octanol–water partition coefficient (Wildman–Crippen LogP) is 3.05. The average molecular weight is 275 g/mol. The van der Waals surface area contributed by atoms with Crippen molar-refractivity contribution in [2.75, 3.05) is 0 Å². The Hall–Kier alpha value is -1.000. The van der Waals surface area contributed by atoms with Gasteiger partial charge in [0, 0.05) is 10.0 Å². The van der Waals surface area contributed by atoms with Gasteiger partial charge in [0.15, 0.2) is 5.76 Å². The standard InChI is InChI=1S/C9H5BrClNO2/c10-6-3-1-2-5(8(6)11)7-4-12-9(13)14-7/h1-4H,(H,12,13). The Balaban J connectivity index is 2.62. The molecule has 72 valence electrons. The maximum absolute atomic E-state index is 10.8. The topological polar surface area (TPSA) is 46.0 Å². The smallest absolute Gasteiger partial charge is 0.408 e. The number of hydrogen-bond acceptors (Lipinski definition) is 2. The van der Waals surface area contributed by atoms with Gasteiger partial charge in [0.25, 0.3) is 0 Å². The molecule has 0 aliphatic carbocycles. The van der Waals surface area contributed by atoms with Crippen molar-refractivity contribution >= 4 is 27.5 Å². The van der Waals surface area contributed by atoms with E-state index >= 15 is 0 Å². The van der Waals surface area contributed by atoms with Gasteiger partial charge in [0.1, 0.15) is 0 Å². The summed E-state index contributed by atoms with van der Waals surface area (Å²) in [6, 6.07) is 5.41. The zero-order chi connectivity index (χ0) is 10.1.